The smallest absolute Gasteiger partial charge is 0.237 e. The van der Waals surface area contributed by atoms with Crippen LogP contribution >= 0.6 is 0 Å². The van der Waals surface area contributed by atoms with Gasteiger partial charge in [-0.05, 0) is 32.2 Å². The summed E-state index contributed by atoms with van der Waals surface area (Å²) in [6.45, 7) is 3.62. The maximum absolute atomic E-state index is 11.6. The van der Waals surface area contributed by atoms with Crippen LogP contribution in [0.25, 0.3) is 0 Å². The van der Waals surface area contributed by atoms with E-state index in [4.69, 9.17) is 9.47 Å². The van der Waals surface area contributed by atoms with E-state index in [1.165, 1.54) is 0 Å². The van der Waals surface area contributed by atoms with E-state index in [-0.39, 0.29) is 18.1 Å². The Morgan fingerprint density at radius 1 is 1.41 bits per heavy atom. The third kappa shape index (κ3) is 4.26. The zero-order chi connectivity index (χ0) is 11.9. The van der Waals surface area contributed by atoms with E-state index in [2.05, 4.69) is 10.6 Å². The topological polar surface area (TPSA) is 59.6 Å². The molecule has 0 aromatic heterocycles. The first-order chi connectivity index (χ1) is 8.36. The molecule has 5 nitrogen and oxygen atoms in total. The zero-order valence-corrected chi connectivity index (χ0v) is 10.2. The van der Waals surface area contributed by atoms with Crippen molar-refractivity contribution < 1.29 is 14.3 Å². The van der Waals surface area contributed by atoms with E-state index in [1.807, 2.05) is 0 Å². The Hall–Kier alpha value is -0.650. The molecule has 0 aromatic carbocycles. The molecule has 2 heterocycles. The summed E-state index contributed by atoms with van der Waals surface area (Å²) in [5.41, 5.74) is 0. The highest BCUT2D eigenvalue weighted by Gasteiger charge is 2.21. The first-order valence-corrected chi connectivity index (χ1v) is 6.57. The normalized spacial score (nSPS) is 28.5. The number of carbonyl (C=O) groups is 1. The number of rotatable bonds is 6. The molecule has 1 amide bonds. The van der Waals surface area contributed by atoms with Gasteiger partial charge in [-0.15, -0.1) is 0 Å². The minimum Gasteiger partial charge on any atom is -0.377 e. The summed E-state index contributed by atoms with van der Waals surface area (Å²) in [7, 11) is 0. The summed E-state index contributed by atoms with van der Waals surface area (Å²) in [6, 6.07) is 0.00756. The first kappa shape index (κ1) is 12.8. The molecule has 0 saturated carbocycles. The molecule has 2 atom stereocenters. The molecule has 98 valence electrons. The van der Waals surface area contributed by atoms with Crippen molar-refractivity contribution in [2.24, 2.45) is 0 Å². The maximum Gasteiger partial charge on any atom is 0.237 e. The van der Waals surface area contributed by atoms with Gasteiger partial charge in [-0.25, -0.2) is 0 Å². The monoisotopic (exact) mass is 242 g/mol. The molecule has 5 heteroatoms. The lowest BCUT2D eigenvalue weighted by Crippen LogP contribution is -2.41. The van der Waals surface area contributed by atoms with Gasteiger partial charge in [0.1, 0.15) is 0 Å². The van der Waals surface area contributed by atoms with Crippen LogP contribution in [0.3, 0.4) is 0 Å². The van der Waals surface area contributed by atoms with Crippen LogP contribution in [0.1, 0.15) is 25.7 Å². The second-order valence-electron chi connectivity index (χ2n) is 4.65. The molecule has 2 N–H and O–H groups in total. The van der Waals surface area contributed by atoms with Gasteiger partial charge in [0.25, 0.3) is 0 Å². The van der Waals surface area contributed by atoms with Gasteiger partial charge < -0.3 is 20.1 Å². The minimum absolute atomic E-state index is 0.00756. The fourth-order valence-corrected chi connectivity index (χ4v) is 2.27. The van der Waals surface area contributed by atoms with Crippen LogP contribution in [0, 0.1) is 0 Å². The lowest BCUT2D eigenvalue weighted by atomic mass is 10.2. The molecule has 0 aromatic rings. The largest absolute Gasteiger partial charge is 0.377 e. The molecule has 2 fully saturated rings. The standard InChI is InChI=1S/C12H22N2O3/c15-12(11-4-1-5-13-11)14-6-8-16-9-10-3-2-7-17-10/h10-11,13H,1-9H2,(H,14,15)/t10-,11+/m1/s1. The molecule has 2 aliphatic heterocycles. The maximum atomic E-state index is 11.6. The second kappa shape index (κ2) is 6.93. The van der Waals surface area contributed by atoms with Gasteiger partial charge in [-0.3, -0.25) is 4.79 Å². The van der Waals surface area contributed by atoms with Crippen LogP contribution in [0.15, 0.2) is 0 Å². The van der Waals surface area contributed by atoms with Gasteiger partial charge in [0.15, 0.2) is 0 Å². The van der Waals surface area contributed by atoms with Crippen molar-refractivity contribution in [3.05, 3.63) is 0 Å². The predicted octanol–water partition coefficient (Wildman–Crippen LogP) is 0.0502. The molecule has 2 rings (SSSR count). The molecular weight excluding hydrogens is 220 g/mol. The number of ether oxygens (including phenoxy) is 2. The Balaban J connectivity index is 1.46. The van der Waals surface area contributed by atoms with Crippen LogP contribution in [0.4, 0.5) is 0 Å². The third-order valence-electron chi connectivity index (χ3n) is 3.25. The van der Waals surface area contributed by atoms with Crippen LogP contribution in [-0.2, 0) is 14.3 Å². The first-order valence-electron chi connectivity index (χ1n) is 6.57. The summed E-state index contributed by atoms with van der Waals surface area (Å²) in [6.07, 6.45) is 4.54. The lowest BCUT2D eigenvalue weighted by Gasteiger charge is -2.12. The van der Waals surface area contributed by atoms with E-state index in [1.54, 1.807) is 0 Å². The van der Waals surface area contributed by atoms with Crippen LogP contribution < -0.4 is 10.6 Å². The van der Waals surface area contributed by atoms with Gasteiger partial charge in [-0.1, -0.05) is 0 Å². The predicted molar refractivity (Wildman–Crippen MR) is 63.8 cm³/mol. The van der Waals surface area contributed by atoms with Crippen molar-refractivity contribution in [1.29, 1.82) is 0 Å². The van der Waals surface area contributed by atoms with Crippen LogP contribution in [0.5, 0.6) is 0 Å². The van der Waals surface area contributed by atoms with Gasteiger partial charge in [0, 0.05) is 13.2 Å². The van der Waals surface area contributed by atoms with Crippen molar-refractivity contribution in [2.75, 3.05) is 32.9 Å². The highest BCUT2D eigenvalue weighted by molar-refractivity contribution is 5.81. The molecule has 0 radical (unpaired) electrons. The van der Waals surface area contributed by atoms with E-state index in [9.17, 15) is 4.79 Å². The summed E-state index contributed by atoms with van der Waals surface area (Å²) < 4.78 is 10.9. The minimum atomic E-state index is 0.00756. The quantitative estimate of drug-likeness (QED) is 0.646. The molecule has 2 aliphatic rings. The van der Waals surface area contributed by atoms with Crippen LogP contribution in [-0.4, -0.2) is 51.0 Å². The average Bonchev–Trinajstić information content (AvgIpc) is 3.01. The second-order valence-corrected chi connectivity index (χ2v) is 4.65. The van der Waals surface area contributed by atoms with E-state index in [0.717, 1.165) is 38.8 Å². The average molecular weight is 242 g/mol. The third-order valence-corrected chi connectivity index (χ3v) is 3.25. The van der Waals surface area contributed by atoms with Crippen molar-refractivity contribution in [2.45, 2.75) is 37.8 Å². The van der Waals surface area contributed by atoms with E-state index in [0.29, 0.717) is 19.8 Å². The molecule has 2 saturated heterocycles. The summed E-state index contributed by atoms with van der Waals surface area (Å²) in [5, 5.41) is 6.05. The Morgan fingerprint density at radius 2 is 2.35 bits per heavy atom. The Bertz CT molecular complexity index is 236. The van der Waals surface area contributed by atoms with Crippen molar-refractivity contribution in [3.63, 3.8) is 0 Å². The van der Waals surface area contributed by atoms with Gasteiger partial charge in [0.2, 0.25) is 5.91 Å². The van der Waals surface area contributed by atoms with E-state index < -0.39 is 0 Å². The Morgan fingerprint density at radius 3 is 3.06 bits per heavy atom. The SMILES string of the molecule is O=C(NCCOC[C@H]1CCCO1)[C@@H]1CCCN1. The molecule has 0 bridgehead atoms. The number of hydrogen-bond donors (Lipinski definition) is 2. The Kier molecular flexibility index (Phi) is 5.22. The van der Waals surface area contributed by atoms with E-state index >= 15 is 0 Å². The molecule has 0 spiro atoms. The molecule has 0 unspecified atom stereocenters. The van der Waals surface area contributed by atoms with Gasteiger partial charge in [0.05, 0.1) is 25.4 Å². The lowest BCUT2D eigenvalue weighted by molar-refractivity contribution is -0.123. The number of carbonyl (C=O) groups excluding carboxylic acids is 1. The van der Waals surface area contributed by atoms with Crippen molar-refractivity contribution >= 4 is 5.91 Å². The number of nitrogens with one attached hydrogen (secondary N) is 2. The number of hydrogen-bond acceptors (Lipinski definition) is 4. The van der Waals surface area contributed by atoms with Gasteiger partial charge >= 0.3 is 0 Å². The van der Waals surface area contributed by atoms with Crippen LogP contribution in [0.2, 0.25) is 0 Å². The summed E-state index contributed by atoms with van der Waals surface area (Å²) in [4.78, 5) is 11.6. The highest BCUT2D eigenvalue weighted by Crippen LogP contribution is 2.11. The highest BCUT2D eigenvalue weighted by atomic mass is 16.5. The summed E-state index contributed by atoms with van der Waals surface area (Å²) >= 11 is 0. The van der Waals surface area contributed by atoms with Crippen molar-refractivity contribution in [3.8, 4) is 0 Å². The molecule has 0 aliphatic carbocycles. The van der Waals surface area contributed by atoms with Crippen molar-refractivity contribution in [1.82, 2.24) is 10.6 Å². The molecular formula is C12H22N2O3. The fourth-order valence-electron chi connectivity index (χ4n) is 2.27. The number of amides is 1. The van der Waals surface area contributed by atoms with Gasteiger partial charge in [-0.2, -0.15) is 0 Å². The Labute approximate surface area is 102 Å². The zero-order valence-electron chi connectivity index (χ0n) is 10.2. The fraction of sp³-hybridized carbons (Fsp3) is 0.917. The molecule has 17 heavy (non-hydrogen) atoms. The summed E-state index contributed by atoms with van der Waals surface area (Å²) in [5.74, 6) is 0.100.